The lowest BCUT2D eigenvalue weighted by molar-refractivity contribution is -0.136. The Balaban J connectivity index is 1.41. The fourth-order valence-electron chi connectivity index (χ4n) is 3.89. The van der Waals surface area contributed by atoms with Gasteiger partial charge in [-0.15, -0.1) is 12.6 Å². The van der Waals surface area contributed by atoms with Crippen LogP contribution in [-0.4, -0.2) is 70.5 Å². The van der Waals surface area contributed by atoms with Crippen LogP contribution < -0.4 is 0 Å². The number of hydrogen-bond acceptors (Lipinski definition) is 5. The summed E-state index contributed by atoms with van der Waals surface area (Å²) in [6.07, 6.45) is 0. The van der Waals surface area contributed by atoms with E-state index in [-0.39, 0.29) is 11.8 Å². The van der Waals surface area contributed by atoms with E-state index in [2.05, 4.69) is 12.6 Å². The predicted octanol–water partition coefficient (Wildman–Crippen LogP) is 1.94. The second-order valence-electron chi connectivity index (χ2n) is 7.34. The monoisotopic (exact) mass is 423 g/mol. The molecule has 0 radical (unpaired) electrons. The predicted molar refractivity (Wildman–Crippen MR) is 113 cm³/mol. The molecule has 2 aromatic rings. The van der Waals surface area contributed by atoms with Crippen molar-refractivity contribution in [2.75, 3.05) is 26.2 Å². The van der Waals surface area contributed by atoms with Gasteiger partial charge in [-0.05, 0) is 31.2 Å². The molecule has 1 unspecified atom stereocenters. The molecule has 1 saturated heterocycles. The van der Waals surface area contributed by atoms with Crippen molar-refractivity contribution in [2.24, 2.45) is 0 Å². The smallest absolute Gasteiger partial charge is 0.262 e. The zero-order valence-corrected chi connectivity index (χ0v) is 17.3. The molecule has 4 rings (SSSR count). The minimum absolute atomic E-state index is 0.124. The Morgan fingerprint density at radius 2 is 1.33 bits per heavy atom. The molecule has 8 heteroatoms. The van der Waals surface area contributed by atoms with Gasteiger partial charge in [0, 0.05) is 31.1 Å². The molecule has 4 amide bonds. The molecule has 30 heavy (non-hydrogen) atoms. The number of benzene rings is 2. The van der Waals surface area contributed by atoms with Crippen LogP contribution in [0.15, 0.2) is 53.4 Å². The summed E-state index contributed by atoms with van der Waals surface area (Å²) in [5.41, 5.74) is 1.17. The van der Waals surface area contributed by atoms with Crippen molar-refractivity contribution in [3.63, 3.8) is 0 Å². The quantitative estimate of drug-likeness (QED) is 0.605. The molecular weight excluding hydrogens is 402 g/mol. The number of imide groups is 1. The molecule has 2 aromatic carbocycles. The van der Waals surface area contributed by atoms with Crippen LogP contribution in [0.4, 0.5) is 0 Å². The second-order valence-corrected chi connectivity index (χ2v) is 7.82. The van der Waals surface area contributed by atoms with Gasteiger partial charge in [-0.2, -0.15) is 0 Å². The maximum absolute atomic E-state index is 13.0. The third kappa shape index (κ3) is 3.37. The van der Waals surface area contributed by atoms with Gasteiger partial charge in [0.25, 0.3) is 17.7 Å². The fourth-order valence-corrected chi connectivity index (χ4v) is 4.15. The van der Waals surface area contributed by atoms with Crippen LogP contribution in [0.2, 0.25) is 0 Å². The minimum Gasteiger partial charge on any atom is -0.337 e. The fraction of sp³-hybridized carbons (Fsp3) is 0.273. The summed E-state index contributed by atoms with van der Waals surface area (Å²) in [6.45, 7) is 3.00. The Kier molecular flexibility index (Phi) is 5.34. The minimum atomic E-state index is -0.905. The summed E-state index contributed by atoms with van der Waals surface area (Å²) >= 11 is 4.34. The first-order valence-electron chi connectivity index (χ1n) is 9.73. The molecule has 154 valence electrons. The van der Waals surface area contributed by atoms with Crippen LogP contribution in [-0.2, 0) is 4.79 Å². The SMILES string of the molecule is CC(C(=O)N1CCN(C(=O)c2ccccc2S)CC1)N1C(=O)c2ccccc2C1=O. The summed E-state index contributed by atoms with van der Waals surface area (Å²) in [4.78, 5) is 55.9. The Bertz CT molecular complexity index is 1010. The van der Waals surface area contributed by atoms with Gasteiger partial charge >= 0.3 is 0 Å². The lowest BCUT2D eigenvalue weighted by Gasteiger charge is -2.37. The van der Waals surface area contributed by atoms with Crippen LogP contribution in [0.25, 0.3) is 0 Å². The van der Waals surface area contributed by atoms with E-state index < -0.39 is 17.9 Å². The van der Waals surface area contributed by atoms with E-state index in [4.69, 9.17) is 0 Å². The molecule has 2 heterocycles. The third-order valence-electron chi connectivity index (χ3n) is 5.58. The van der Waals surface area contributed by atoms with Gasteiger partial charge in [0.2, 0.25) is 5.91 Å². The molecule has 1 fully saturated rings. The number of rotatable bonds is 3. The number of amides is 4. The van der Waals surface area contributed by atoms with E-state index in [1.807, 2.05) is 6.07 Å². The van der Waals surface area contributed by atoms with Crippen LogP contribution >= 0.6 is 12.6 Å². The standard InChI is InChI=1S/C22H21N3O4S/c1-14(25-21(28)15-6-2-3-7-16(15)22(25)29)19(26)23-10-12-24(13-11-23)20(27)17-8-4-5-9-18(17)30/h2-9,14,30H,10-13H2,1H3. The highest BCUT2D eigenvalue weighted by atomic mass is 32.1. The molecule has 2 aliphatic heterocycles. The normalized spacial score (nSPS) is 17.2. The summed E-state index contributed by atoms with van der Waals surface area (Å²) in [6, 6.07) is 12.8. The molecule has 0 spiro atoms. The zero-order valence-electron chi connectivity index (χ0n) is 16.4. The van der Waals surface area contributed by atoms with Crippen molar-refractivity contribution in [1.82, 2.24) is 14.7 Å². The summed E-state index contributed by atoms with van der Waals surface area (Å²) in [5, 5.41) is 0. The van der Waals surface area contributed by atoms with Crippen molar-refractivity contribution >= 4 is 36.3 Å². The summed E-state index contributed by atoms with van der Waals surface area (Å²) < 4.78 is 0. The van der Waals surface area contributed by atoms with E-state index in [9.17, 15) is 19.2 Å². The van der Waals surface area contributed by atoms with Crippen molar-refractivity contribution in [3.8, 4) is 0 Å². The van der Waals surface area contributed by atoms with E-state index in [1.165, 1.54) is 0 Å². The summed E-state index contributed by atoms with van der Waals surface area (Å²) in [5.74, 6) is -1.32. The maximum Gasteiger partial charge on any atom is 0.262 e. The Labute approximate surface area is 179 Å². The molecule has 0 aromatic heterocycles. The average molecular weight is 423 g/mol. The van der Waals surface area contributed by atoms with Crippen molar-refractivity contribution < 1.29 is 19.2 Å². The van der Waals surface area contributed by atoms with Crippen molar-refractivity contribution in [2.45, 2.75) is 17.9 Å². The molecule has 0 bridgehead atoms. The molecule has 2 aliphatic rings. The van der Waals surface area contributed by atoms with E-state index in [0.29, 0.717) is 47.8 Å². The topological polar surface area (TPSA) is 78.0 Å². The first-order valence-corrected chi connectivity index (χ1v) is 10.2. The number of fused-ring (bicyclic) bond motifs is 1. The van der Waals surface area contributed by atoms with E-state index in [1.54, 1.807) is 59.2 Å². The van der Waals surface area contributed by atoms with Gasteiger partial charge in [-0.1, -0.05) is 24.3 Å². The first kappa shape index (κ1) is 20.2. The van der Waals surface area contributed by atoms with Crippen LogP contribution in [0.3, 0.4) is 0 Å². The summed E-state index contributed by atoms with van der Waals surface area (Å²) in [7, 11) is 0. The zero-order chi connectivity index (χ0) is 21.4. The largest absolute Gasteiger partial charge is 0.337 e. The van der Waals surface area contributed by atoms with Crippen LogP contribution in [0.1, 0.15) is 38.0 Å². The molecule has 0 aliphatic carbocycles. The average Bonchev–Trinajstić information content (AvgIpc) is 3.03. The number of hydrogen-bond donors (Lipinski definition) is 1. The number of piperazine rings is 1. The maximum atomic E-state index is 13.0. The van der Waals surface area contributed by atoms with Crippen molar-refractivity contribution in [1.29, 1.82) is 0 Å². The highest BCUT2D eigenvalue weighted by Crippen LogP contribution is 2.25. The van der Waals surface area contributed by atoms with Gasteiger partial charge in [-0.25, -0.2) is 0 Å². The molecule has 1 atom stereocenters. The highest BCUT2D eigenvalue weighted by Gasteiger charge is 2.42. The molecule has 0 N–H and O–H groups in total. The van der Waals surface area contributed by atoms with Gasteiger partial charge in [-0.3, -0.25) is 24.1 Å². The highest BCUT2D eigenvalue weighted by molar-refractivity contribution is 7.80. The third-order valence-corrected chi connectivity index (χ3v) is 5.97. The number of carbonyl (C=O) groups excluding carboxylic acids is 4. The second kappa shape index (κ2) is 7.95. The van der Waals surface area contributed by atoms with Crippen LogP contribution in [0.5, 0.6) is 0 Å². The number of thiol groups is 1. The van der Waals surface area contributed by atoms with Gasteiger partial charge in [0.05, 0.1) is 16.7 Å². The van der Waals surface area contributed by atoms with Gasteiger partial charge in [0.15, 0.2) is 0 Å². The van der Waals surface area contributed by atoms with Crippen molar-refractivity contribution in [3.05, 3.63) is 65.2 Å². The molecule has 7 nitrogen and oxygen atoms in total. The van der Waals surface area contributed by atoms with Gasteiger partial charge < -0.3 is 9.80 Å². The Morgan fingerprint density at radius 1 is 0.833 bits per heavy atom. The van der Waals surface area contributed by atoms with E-state index in [0.717, 1.165) is 4.90 Å². The number of nitrogens with zero attached hydrogens (tertiary/aromatic N) is 3. The van der Waals surface area contributed by atoms with E-state index >= 15 is 0 Å². The molecule has 0 saturated carbocycles. The first-order chi connectivity index (χ1) is 14.4. The lowest BCUT2D eigenvalue weighted by atomic mass is 10.1. The van der Waals surface area contributed by atoms with Crippen LogP contribution in [0, 0.1) is 0 Å². The van der Waals surface area contributed by atoms with Gasteiger partial charge in [0.1, 0.15) is 6.04 Å². The molecular formula is C22H21N3O4S. The number of carbonyl (C=O) groups is 4. The lowest BCUT2D eigenvalue weighted by Crippen LogP contribution is -2.56. The Hall–Kier alpha value is -3.13. The Morgan fingerprint density at radius 3 is 1.90 bits per heavy atom.